The summed E-state index contributed by atoms with van der Waals surface area (Å²) in [6, 6.07) is 0. The zero-order valence-electron chi connectivity index (χ0n) is 8.32. The minimum atomic E-state index is -0.799. The maximum absolute atomic E-state index is 11.0. The van der Waals surface area contributed by atoms with E-state index in [1.54, 1.807) is 11.8 Å². The Labute approximate surface area is 82.9 Å². The maximum Gasteiger partial charge on any atom is 0.310 e. The average Bonchev–Trinajstić information content (AvgIpc) is 2.02. The SMILES string of the molecule is CC1(C(=O)O)CCCN(CC(N)=O)C1. The number of piperidine rings is 1. The number of carbonyl (C=O) groups is 2. The molecular weight excluding hydrogens is 184 g/mol. The van der Waals surface area contributed by atoms with Gasteiger partial charge in [0.05, 0.1) is 12.0 Å². The van der Waals surface area contributed by atoms with Crippen LogP contribution in [0.1, 0.15) is 19.8 Å². The number of hydrogen-bond donors (Lipinski definition) is 2. The van der Waals surface area contributed by atoms with Crippen LogP contribution in [0.25, 0.3) is 0 Å². The number of nitrogens with two attached hydrogens (primary N) is 1. The summed E-state index contributed by atoms with van der Waals surface area (Å²) in [6.07, 6.45) is 1.47. The van der Waals surface area contributed by atoms with Gasteiger partial charge in [-0.2, -0.15) is 0 Å². The first-order valence-electron chi connectivity index (χ1n) is 4.68. The summed E-state index contributed by atoms with van der Waals surface area (Å²) in [5.74, 6) is -1.20. The molecule has 5 heteroatoms. The number of carboxylic acid groups (broad SMARTS) is 1. The third-order valence-electron chi connectivity index (χ3n) is 2.67. The molecule has 0 aromatic heterocycles. The molecular formula is C9H16N2O3. The summed E-state index contributed by atoms with van der Waals surface area (Å²) >= 11 is 0. The molecule has 1 aliphatic rings. The summed E-state index contributed by atoms with van der Waals surface area (Å²) in [6.45, 7) is 3.03. The highest BCUT2D eigenvalue weighted by Gasteiger charge is 2.37. The van der Waals surface area contributed by atoms with Gasteiger partial charge in [0, 0.05) is 6.54 Å². The Balaban J connectivity index is 2.59. The van der Waals surface area contributed by atoms with Gasteiger partial charge in [-0.25, -0.2) is 0 Å². The van der Waals surface area contributed by atoms with Crippen LogP contribution >= 0.6 is 0 Å². The summed E-state index contributed by atoms with van der Waals surface area (Å²) in [5, 5.41) is 9.01. The van der Waals surface area contributed by atoms with Crippen LogP contribution in [0.2, 0.25) is 0 Å². The molecule has 0 radical (unpaired) electrons. The van der Waals surface area contributed by atoms with Gasteiger partial charge in [0.1, 0.15) is 0 Å². The van der Waals surface area contributed by atoms with Gasteiger partial charge in [0.15, 0.2) is 0 Å². The fourth-order valence-electron chi connectivity index (χ4n) is 1.87. The van der Waals surface area contributed by atoms with Gasteiger partial charge in [-0.05, 0) is 26.3 Å². The second-order valence-corrected chi connectivity index (χ2v) is 4.15. The van der Waals surface area contributed by atoms with E-state index < -0.39 is 17.3 Å². The van der Waals surface area contributed by atoms with Crippen molar-refractivity contribution in [1.82, 2.24) is 4.90 Å². The number of carboxylic acids is 1. The summed E-state index contributed by atoms with van der Waals surface area (Å²) < 4.78 is 0. The predicted molar refractivity (Wildman–Crippen MR) is 50.6 cm³/mol. The molecule has 0 saturated carbocycles. The fraction of sp³-hybridized carbons (Fsp3) is 0.778. The van der Waals surface area contributed by atoms with Crippen molar-refractivity contribution in [3.05, 3.63) is 0 Å². The molecule has 1 unspecified atom stereocenters. The molecule has 0 aliphatic carbocycles. The predicted octanol–water partition coefficient (Wildman–Crippen LogP) is -0.342. The van der Waals surface area contributed by atoms with E-state index >= 15 is 0 Å². The van der Waals surface area contributed by atoms with Crippen LogP contribution in [0, 0.1) is 5.41 Å². The largest absolute Gasteiger partial charge is 0.481 e. The molecule has 0 bridgehead atoms. The van der Waals surface area contributed by atoms with E-state index in [1.807, 2.05) is 0 Å². The molecule has 1 rings (SSSR count). The highest BCUT2D eigenvalue weighted by atomic mass is 16.4. The van der Waals surface area contributed by atoms with Crippen molar-refractivity contribution in [3.63, 3.8) is 0 Å². The van der Waals surface area contributed by atoms with Crippen molar-refractivity contribution in [3.8, 4) is 0 Å². The topological polar surface area (TPSA) is 83.6 Å². The first-order chi connectivity index (χ1) is 6.44. The van der Waals surface area contributed by atoms with Crippen LogP contribution in [0.3, 0.4) is 0 Å². The lowest BCUT2D eigenvalue weighted by Crippen LogP contribution is -2.48. The number of aliphatic carboxylic acids is 1. The summed E-state index contributed by atoms with van der Waals surface area (Å²) in [4.78, 5) is 23.5. The lowest BCUT2D eigenvalue weighted by Gasteiger charge is -2.36. The van der Waals surface area contributed by atoms with Crippen LogP contribution in [-0.2, 0) is 9.59 Å². The van der Waals surface area contributed by atoms with Crippen molar-refractivity contribution < 1.29 is 14.7 Å². The minimum Gasteiger partial charge on any atom is -0.481 e. The first-order valence-corrected chi connectivity index (χ1v) is 4.68. The van der Waals surface area contributed by atoms with E-state index in [4.69, 9.17) is 10.8 Å². The molecule has 0 spiro atoms. The molecule has 14 heavy (non-hydrogen) atoms. The highest BCUT2D eigenvalue weighted by molar-refractivity contribution is 5.77. The van der Waals surface area contributed by atoms with Crippen LogP contribution < -0.4 is 5.73 Å². The van der Waals surface area contributed by atoms with Crippen molar-refractivity contribution in [2.75, 3.05) is 19.6 Å². The number of amides is 1. The third-order valence-corrected chi connectivity index (χ3v) is 2.67. The van der Waals surface area contributed by atoms with Gasteiger partial charge in [0.25, 0.3) is 0 Å². The number of rotatable bonds is 3. The second kappa shape index (κ2) is 3.96. The van der Waals surface area contributed by atoms with E-state index in [1.165, 1.54) is 0 Å². The molecule has 5 nitrogen and oxygen atoms in total. The molecule has 0 aromatic rings. The van der Waals surface area contributed by atoms with Crippen molar-refractivity contribution >= 4 is 11.9 Å². The monoisotopic (exact) mass is 200 g/mol. The van der Waals surface area contributed by atoms with Crippen molar-refractivity contribution in [1.29, 1.82) is 0 Å². The Morgan fingerprint density at radius 2 is 2.21 bits per heavy atom. The van der Waals surface area contributed by atoms with Gasteiger partial charge in [0.2, 0.25) is 5.91 Å². The average molecular weight is 200 g/mol. The van der Waals surface area contributed by atoms with Gasteiger partial charge in [-0.15, -0.1) is 0 Å². The second-order valence-electron chi connectivity index (χ2n) is 4.15. The third kappa shape index (κ3) is 2.45. The Bertz CT molecular complexity index is 254. The number of nitrogens with zero attached hydrogens (tertiary/aromatic N) is 1. The van der Waals surface area contributed by atoms with E-state index in [0.29, 0.717) is 13.0 Å². The quantitative estimate of drug-likeness (QED) is 0.652. The summed E-state index contributed by atoms with van der Waals surface area (Å²) in [5.41, 5.74) is 4.33. The molecule has 1 saturated heterocycles. The van der Waals surface area contributed by atoms with Gasteiger partial charge in [-0.3, -0.25) is 14.5 Å². The number of primary amides is 1. The highest BCUT2D eigenvalue weighted by Crippen LogP contribution is 2.29. The zero-order chi connectivity index (χ0) is 10.8. The molecule has 1 atom stereocenters. The zero-order valence-corrected chi connectivity index (χ0v) is 8.32. The Kier molecular flexibility index (Phi) is 3.10. The Morgan fingerprint density at radius 1 is 1.57 bits per heavy atom. The van der Waals surface area contributed by atoms with Crippen molar-refractivity contribution in [2.45, 2.75) is 19.8 Å². The van der Waals surface area contributed by atoms with Crippen molar-refractivity contribution in [2.24, 2.45) is 11.1 Å². The van der Waals surface area contributed by atoms with Crippen LogP contribution in [0.4, 0.5) is 0 Å². The normalized spacial score (nSPS) is 28.6. The first kappa shape index (κ1) is 11.0. The Morgan fingerprint density at radius 3 is 2.71 bits per heavy atom. The van der Waals surface area contributed by atoms with Gasteiger partial charge in [-0.1, -0.05) is 0 Å². The molecule has 1 amide bonds. The van der Waals surface area contributed by atoms with Gasteiger partial charge < -0.3 is 10.8 Å². The number of carbonyl (C=O) groups excluding carboxylic acids is 1. The molecule has 1 aliphatic heterocycles. The minimum absolute atomic E-state index is 0.156. The standard InChI is InChI=1S/C9H16N2O3/c1-9(8(13)14)3-2-4-11(6-9)5-7(10)12/h2-6H2,1H3,(H2,10,12)(H,13,14). The summed E-state index contributed by atoms with van der Waals surface area (Å²) in [7, 11) is 0. The molecule has 3 N–H and O–H groups in total. The Hall–Kier alpha value is -1.10. The van der Waals surface area contributed by atoms with Crippen LogP contribution in [0.15, 0.2) is 0 Å². The van der Waals surface area contributed by atoms with Gasteiger partial charge >= 0.3 is 5.97 Å². The molecule has 80 valence electrons. The van der Waals surface area contributed by atoms with Crippen LogP contribution in [0.5, 0.6) is 0 Å². The smallest absolute Gasteiger partial charge is 0.310 e. The number of hydrogen-bond acceptors (Lipinski definition) is 3. The van der Waals surface area contributed by atoms with Crippen LogP contribution in [-0.4, -0.2) is 41.5 Å². The fourth-order valence-corrected chi connectivity index (χ4v) is 1.87. The maximum atomic E-state index is 11.0. The lowest BCUT2D eigenvalue weighted by molar-refractivity contribution is -0.151. The molecule has 1 heterocycles. The molecule has 0 aromatic carbocycles. The lowest BCUT2D eigenvalue weighted by atomic mass is 9.82. The number of likely N-dealkylation sites (tertiary alicyclic amines) is 1. The van der Waals surface area contributed by atoms with E-state index in [-0.39, 0.29) is 6.54 Å². The van der Waals surface area contributed by atoms with E-state index in [2.05, 4.69) is 0 Å². The van der Waals surface area contributed by atoms with E-state index in [0.717, 1.165) is 13.0 Å². The van der Waals surface area contributed by atoms with E-state index in [9.17, 15) is 9.59 Å². The molecule has 1 fully saturated rings.